The molecule has 0 aliphatic heterocycles. The lowest BCUT2D eigenvalue weighted by molar-refractivity contribution is 0.881. The third kappa shape index (κ3) is 3.55. The van der Waals surface area contributed by atoms with Gasteiger partial charge in [0.25, 0.3) is 0 Å². The third-order valence-corrected chi connectivity index (χ3v) is 4.72. The van der Waals surface area contributed by atoms with E-state index in [0.717, 1.165) is 23.5 Å². The minimum absolute atomic E-state index is 0.462. The maximum atomic E-state index is 5.99. The van der Waals surface area contributed by atoms with Crippen molar-refractivity contribution in [3.8, 4) is 0 Å². The number of aryl methyl sites for hydroxylation is 2. The van der Waals surface area contributed by atoms with Crippen LogP contribution in [0.4, 0.5) is 5.69 Å². The minimum atomic E-state index is 0.462. The summed E-state index contributed by atoms with van der Waals surface area (Å²) in [6.45, 7) is 0.635. The van der Waals surface area contributed by atoms with Crippen LogP contribution in [0.15, 0.2) is 35.6 Å². The molecule has 2 aliphatic carbocycles. The molecule has 0 bridgehead atoms. The summed E-state index contributed by atoms with van der Waals surface area (Å²) < 4.78 is 0. The molecule has 1 heterocycles. The number of guanidine groups is 1. The zero-order valence-corrected chi connectivity index (χ0v) is 13.8. The molecule has 3 N–H and O–H groups in total. The molecule has 5 heteroatoms. The van der Waals surface area contributed by atoms with Gasteiger partial charge >= 0.3 is 0 Å². The Morgan fingerprint density at radius 3 is 2.75 bits per heavy atom. The van der Waals surface area contributed by atoms with Gasteiger partial charge in [-0.1, -0.05) is 6.07 Å². The number of rotatable bonds is 5. The summed E-state index contributed by atoms with van der Waals surface area (Å²) in [5.41, 5.74) is 11.0. The molecule has 1 fully saturated rings. The van der Waals surface area contributed by atoms with Gasteiger partial charge in [0.15, 0.2) is 5.96 Å². The van der Waals surface area contributed by atoms with Gasteiger partial charge in [0.1, 0.15) is 5.82 Å². The number of nitrogens with zero attached hydrogens (tertiary/aromatic N) is 3. The molecule has 1 aromatic carbocycles. The minimum Gasteiger partial charge on any atom is -0.370 e. The van der Waals surface area contributed by atoms with Crippen molar-refractivity contribution in [3.05, 3.63) is 53.1 Å². The van der Waals surface area contributed by atoms with Crippen molar-refractivity contribution in [1.82, 2.24) is 9.97 Å². The Kier molecular flexibility index (Phi) is 4.15. The lowest BCUT2D eigenvalue weighted by Crippen LogP contribution is -2.23. The SMILES string of the molecule is NC(=NCCc1cnc(C2CC2)nc1)Nc1ccc2c(c1)CCC2. The van der Waals surface area contributed by atoms with Gasteiger partial charge in [0, 0.05) is 30.5 Å². The molecule has 5 nitrogen and oxygen atoms in total. The van der Waals surface area contributed by atoms with Crippen LogP contribution in [0.25, 0.3) is 0 Å². The monoisotopic (exact) mass is 321 g/mol. The first kappa shape index (κ1) is 15.1. The molecule has 0 amide bonds. The summed E-state index contributed by atoms with van der Waals surface area (Å²) in [7, 11) is 0. The molecule has 2 aliphatic rings. The van der Waals surface area contributed by atoms with Crippen LogP contribution in [-0.2, 0) is 19.3 Å². The number of aromatic nitrogens is 2. The number of anilines is 1. The molecule has 1 aromatic heterocycles. The molecule has 1 saturated carbocycles. The normalized spacial score (nSPS) is 16.9. The van der Waals surface area contributed by atoms with Crippen LogP contribution in [0.5, 0.6) is 0 Å². The maximum absolute atomic E-state index is 5.99. The number of hydrogen-bond acceptors (Lipinski definition) is 3. The Morgan fingerprint density at radius 2 is 1.96 bits per heavy atom. The van der Waals surface area contributed by atoms with Crippen molar-refractivity contribution in [2.75, 3.05) is 11.9 Å². The lowest BCUT2D eigenvalue weighted by atomic mass is 10.1. The van der Waals surface area contributed by atoms with E-state index in [1.165, 1.54) is 43.2 Å². The Hall–Kier alpha value is -2.43. The van der Waals surface area contributed by atoms with Gasteiger partial charge < -0.3 is 11.1 Å². The third-order valence-electron chi connectivity index (χ3n) is 4.72. The summed E-state index contributed by atoms with van der Waals surface area (Å²) in [5, 5.41) is 3.19. The molecule has 24 heavy (non-hydrogen) atoms. The Balaban J connectivity index is 1.30. The van der Waals surface area contributed by atoms with Gasteiger partial charge in [-0.2, -0.15) is 0 Å². The van der Waals surface area contributed by atoms with E-state index in [0.29, 0.717) is 18.4 Å². The van der Waals surface area contributed by atoms with Crippen LogP contribution >= 0.6 is 0 Å². The summed E-state index contributed by atoms with van der Waals surface area (Å²) in [4.78, 5) is 13.3. The second-order valence-electron chi connectivity index (χ2n) is 6.70. The number of fused-ring (bicyclic) bond motifs is 1. The van der Waals surface area contributed by atoms with Crippen LogP contribution in [-0.4, -0.2) is 22.5 Å². The van der Waals surface area contributed by atoms with Crippen LogP contribution in [0.2, 0.25) is 0 Å². The van der Waals surface area contributed by atoms with Crippen LogP contribution in [0.3, 0.4) is 0 Å². The van der Waals surface area contributed by atoms with E-state index < -0.39 is 0 Å². The number of nitrogens with two attached hydrogens (primary N) is 1. The first-order valence-electron chi connectivity index (χ1n) is 8.77. The number of nitrogens with one attached hydrogen (secondary N) is 1. The molecule has 0 radical (unpaired) electrons. The Bertz CT molecular complexity index is 747. The first-order valence-corrected chi connectivity index (χ1v) is 8.77. The quantitative estimate of drug-likeness (QED) is 0.656. The van der Waals surface area contributed by atoms with Crippen molar-refractivity contribution in [2.45, 2.75) is 44.4 Å². The van der Waals surface area contributed by atoms with Gasteiger partial charge in [-0.05, 0) is 67.3 Å². The first-order chi connectivity index (χ1) is 11.8. The summed E-state index contributed by atoms with van der Waals surface area (Å²) in [6.07, 6.45) is 10.7. The second kappa shape index (κ2) is 6.59. The molecule has 124 valence electrons. The molecule has 4 rings (SSSR count). The average Bonchev–Trinajstić information content (AvgIpc) is 3.33. The standard InChI is InChI=1S/C19H23N5/c20-19(24-17-7-6-14-2-1-3-16(14)10-17)21-9-8-13-11-22-18(23-12-13)15-4-5-15/h6-7,10-12,15H,1-5,8-9H2,(H3,20,21,24). The van der Waals surface area contributed by atoms with E-state index in [9.17, 15) is 0 Å². The molecular weight excluding hydrogens is 298 g/mol. The van der Waals surface area contributed by atoms with Crippen molar-refractivity contribution in [3.63, 3.8) is 0 Å². The van der Waals surface area contributed by atoms with E-state index in [1.54, 1.807) is 0 Å². The van der Waals surface area contributed by atoms with E-state index in [1.807, 2.05) is 12.4 Å². The topological polar surface area (TPSA) is 76.2 Å². The summed E-state index contributed by atoms with van der Waals surface area (Å²) >= 11 is 0. The van der Waals surface area contributed by atoms with Crippen LogP contribution in [0.1, 0.15) is 47.7 Å². The molecule has 0 atom stereocenters. The van der Waals surface area contributed by atoms with Crippen molar-refractivity contribution in [2.24, 2.45) is 10.7 Å². The average molecular weight is 321 g/mol. The molecular formula is C19H23N5. The highest BCUT2D eigenvalue weighted by Crippen LogP contribution is 2.37. The smallest absolute Gasteiger partial charge is 0.193 e. The fourth-order valence-electron chi connectivity index (χ4n) is 3.19. The van der Waals surface area contributed by atoms with Gasteiger partial charge in [-0.3, -0.25) is 4.99 Å². The van der Waals surface area contributed by atoms with Gasteiger partial charge in [-0.25, -0.2) is 9.97 Å². The van der Waals surface area contributed by atoms with Crippen molar-refractivity contribution < 1.29 is 0 Å². The highest BCUT2D eigenvalue weighted by molar-refractivity contribution is 5.92. The lowest BCUT2D eigenvalue weighted by Gasteiger charge is -2.08. The number of aliphatic imine (C=N–C) groups is 1. The maximum Gasteiger partial charge on any atom is 0.193 e. The Morgan fingerprint density at radius 1 is 1.17 bits per heavy atom. The molecule has 0 unspecified atom stereocenters. The Labute approximate surface area is 142 Å². The largest absolute Gasteiger partial charge is 0.370 e. The van der Waals surface area contributed by atoms with Crippen molar-refractivity contribution in [1.29, 1.82) is 0 Å². The zero-order valence-electron chi connectivity index (χ0n) is 13.8. The molecule has 0 spiro atoms. The second-order valence-corrected chi connectivity index (χ2v) is 6.70. The number of benzene rings is 1. The van der Waals surface area contributed by atoms with Gasteiger partial charge in [-0.15, -0.1) is 0 Å². The van der Waals surface area contributed by atoms with E-state index >= 15 is 0 Å². The van der Waals surface area contributed by atoms with Gasteiger partial charge in [0.05, 0.1) is 0 Å². The van der Waals surface area contributed by atoms with E-state index in [-0.39, 0.29) is 0 Å². The fraction of sp³-hybridized carbons (Fsp3) is 0.421. The summed E-state index contributed by atoms with van der Waals surface area (Å²) in [5.74, 6) is 2.05. The molecule has 0 saturated heterocycles. The van der Waals surface area contributed by atoms with E-state index in [2.05, 4.69) is 38.5 Å². The predicted octanol–water partition coefficient (Wildman–Crippen LogP) is 2.81. The van der Waals surface area contributed by atoms with Crippen LogP contribution in [0, 0.1) is 0 Å². The van der Waals surface area contributed by atoms with Gasteiger partial charge in [0.2, 0.25) is 0 Å². The van der Waals surface area contributed by atoms with E-state index in [4.69, 9.17) is 5.73 Å². The highest BCUT2D eigenvalue weighted by atomic mass is 15.1. The van der Waals surface area contributed by atoms with Crippen LogP contribution < -0.4 is 11.1 Å². The zero-order chi connectivity index (χ0) is 16.4. The predicted molar refractivity (Wildman–Crippen MR) is 96.3 cm³/mol. The molecule has 2 aromatic rings. The number of hydrogen-bond donors (Lipinski definition) is 2. The fourth-order valence-corrected chi connectivity index (χ4v) is 3.19. The summed E-state index contributed by atoms with van der Waals surface area (Å²) in [6, 6.07) is 6.46. The van der Waals surface area contributed by atoms with Crippen molar-refractivity contribution >= 4 is 11.6 Å². The highest BCUT2D eigenvalue weighted by Gasteiger charge is 2.25.